The molecule has 0 aliphatic carbocycles. The number of carbonyl (C=O) groups is 2. The van der Waals surface area contributed by atoms with Gasteiger partial charge in [0.05, 0.1) is 11.8 Å². The SMILES string of the molecule is NC(=NC(=O)c1ccc(N2CCN(C(=O)c3ccco3)CC2)c(C(F)(F)F)c1)NCS(=O)(=O)O. The van der Waals surface area contributed by atoms with Gasteiger partial charge in [0.1, 0.15) is 5.88 Å². The number of nitrogens with two attached hydrogens (primary N) is 1. The van der Waals surface area contributed by atoms with E-state index < -0.39 is 45.2 Å². The van der Waals surface area contributed by atoms with Crippen LogP contribution in [-0.2, 0) is 16.3 Å². The number of aliphatic imine (C=N–C) groups is 1. The van der Waals surface area contributed by atoms with Crippen LogP contribution in [0.2, 0.25) is 0 Å². The number of anilines is 1. The van der Waals surface area contributed by atoms with Gasteiger partial charge >= 0.3 is 6.18 Å². The Morgan fingerprint density at radius 2 is 1.85 bits per heavy atom. The van der Waals surface area contributed by atoms with Crippen molar-refractivity contribution < 1.29 is 40.1 Å². The van der Waals surface area contributed by atoms with E-state index in [9.17, 15) is 31.2 Å². The van der Waals surface area contributed by atoms with Crippen molar-refractivity contribution >= 4 is 33.6 Å². The van der Waals surface area contributed by atoms with Crippen molar-refractivity contribution in [2.24, 2.45) is 10.7 Å². The lowest BCUT2D eigenvalue weighted by Gasteiger charge is -2.36. The molecule has 0 radical (unpaired) electrons. The van der Waals surface area contributed by atoms with Crippen LogP contribution >= 0.6 is 0 Å². The highest BCUT2D eigenvalue weighted by Crippen LogP contribution is 2.38. The van der Waals surface area contributed by atoms with Crippen molar-refractivity contribution in [3.63, 3.8) is 0 Å². The van der Waals surface area contributed by atoms with Crippen LogP contribution in [0.3, 0.4) is 0 Å². The van der Waals surface area contributed by atoms with Crippen LogP contribution in [0.4, 0.5) is 18.9 Å². The lowest BCUT2D eigenvalue weighted by molar-refractivity contribution is -0.137. The summed E-state index contributed by atoms with van der Waals surface area (Å²) in [5.74, 6) is -3.10. The molecule has 34 heavy (non-hydrogen) atoms. The first-order valence-electron chi connectivity index (χ1n) is 9.71. The zero-order chi connectivity index (χ0) is 25.1. The fourth-order valence-electron chi connectivity index (χ4n) is 3.26. The molecule has 0 bridgehead atoms. The number of nitrogens with one attached hydrogen (secondary N) is 1. The van der Waals surface area contributed by atoms with E-state index in [0.29, 0.717) is 6.07 Å². The van der Waals surface area contributed by atoms with Gasteiger partial charge in [-0.25, -0.2) is 0 Å². The van der Waals surface area contributed by atoms with E-state index in [1.54, 1.807) is 6.07 Å². The van der Waals surface area contributed by atoms with E-state index in [1.165, 1.54) is 22.1 Å². The Labute approximate surface area is 191 Å². The predicted molar refractivity (Wildman–Crippen MR) is 114 cm³/mol. The fourth-order valence-corrected chi connectivity index (χ4v) is 3.59. The normalized spacial score (nSPS) is 15.4. The number of hydrogen-bond donors (Lipinski definition) is 3. The number of carbonyl (C=O) groups excluding carboxylic acids is 2. The lowest BCUT2D eigenvalue weighted by Crippen LogP contribution is -2.49. The molecule has 0 spiro atoms. The second-order valence-corrected chi connectivity index (χ2v) is 8.64. The van der Waals surface area contributed by atoms with E-state index in [-0.39, 0.29) is 43.5 Å². The van der Waals surface area contributed by atoms with Gasteiger partial charge < -0.3 is 25.3 Å². The highest BCUT2D eigenvalue weighted by atomic mass is 32.2. The topological polar surface area (TPSA) is 159 Å². The van der Waals surface area contributed by atoms with Gasteiger partial charge in [0.25, 0.3) is 21.9 Å². The summed E-state index contributed by atoms with van der Waals surface area (Å²) >= 11 is 0. The second-order valence-electron chi connectivity index (χ2n) is 7.19. The maximum absolute atomic E-state index is 13.8. The zero-order valence-electron chi connectivity index (χ0n) is 17.4. The average Bonchev–Trinajstić information content (AvgIpc) is 3.31. The largest absolute Gasteiger partial charge is 0.459 e. The van der Waals surface area contributed by atoms with Crippen LogP contribution < -0.4 is 16.0 Å². The van der Waals surface area contributed by atoms with Crippen LogP contribution in [-0.4, -0.2) is 67.7 Å². The van der Waals surface area contributed by atoms with Gasteiger partial charge in [0.2, 0.25) is 0 Å². The molecule has 1 fully saturated rings. The molecule has 2 amide bonds. The van der Waals surface area contributed by atoms with Gasteiger partial charge in [-0.15, -0.1) is 0 Å². The number of rotatable bonds is 5. The van der Waals surface area contributed by atoms with Crippen LogP contribution in [0, 0.1) is 0 Å². The molecule has 184 valence electrons. The van der Waals surface area contributed by atoms with E-state index >= 15 is 0 Å². The molecule has 1 aromatic carbocycles. The number of furan rings is 1. The van der Waals surface area contributed by atoms with Gasteiger partial charge in [-0.1, -0.05) is 0 Å². The molecule has 1 aliphatic rings. The van der Waals surface area contributed by atoms with Crippen molar-refractivity contribution in [1.82, 2.24) is 10.2 Å². The number of benzene rings is 1. The third kappa shape index (κ3) is 6.26. The monoisotopic (exact) mass is 503 g/mol. The number of piperazine rings is 1. The average molecular weight is 503 g/mol. The van der Waals surface area contributed by atoms with E-state index in [1.807, 2.05) is 5.32 Å². The molecule has 15 heteroatoms. The third-order valence-electron chi connectivity index (χ3n) is 4.85. The standard InChI is InChI=1S/C19H20F3N5O6S/c20-19(21,22)13-10-12(16(28)25-18(23)24-11-34(30,31)32)3-4-14(13)26-5-7-27(8-6-26)17(29)15-2-1-9-33-15/h1-4,9-10H,5-8,11H2,(H,30,31,32)(H3,23,24,25,28). The molecule has 2 aromatic rings. The first-order valence-corrected chi connectivity index (χ1v) is 11.3. The molecule has 1 aromatic heterocycles. The van der Waals surface area contributed by atoms with Crippen molar-refractivity contribution in [3.8, 4) is 0 Å². The molecular formula is C19H20F3N5O6S. The number of nitrogens with zero attached hydrogens (tertiary/aromatic N) is 3. The predicted octanol–water partition coefficient (Wildman–Crippen LogP) is 1.15. The molecule has 2 heterocycles. The molecule has 1 aliphatic heterocycles. The number of halogens is 3. The van der Waals surface area contributed by atoms with Gasteiger partial charge in [-0.2, -0.15) is 26.6 Å². The summed E-state index contributed by atoms with van der Waals surface area (Å²) in [6, 6.07) is 5.94. The maximum atomic E-state index is 13.8. The molecule has 0 unspecified atom stereocenters. The molecular weight excluding hydrogens is 483 g/mol. The van der Waals surface area contributed by atoms with Crippen molar-refractivity contribution in [2.75, 3.05) is 37.0 Å². The number of hydrogen-bond acceptors (Lipinski definition) is 6. The Balaban J connectivity index is 1.76. The van der Waals surface area contributed by atoms with Gasteiger partial charge in [-0.3, -0.25) is 14.1 Å². The van der Waals surface area contributed by atoms with Crippen molar-refractivity contribution in [2.45, 2.75) is 6.18 Å². The van der Waals surface area contributed by atoms with E-state index in [0.717, 1.165) is 12.1 Å². The van der Waals surface area contributed by atoms with Gasteiger partial charge in [0, 0.05) is 37.4 Å². The fraction of sp³-hybridized carbons (Fsp3) is 0.316. The van der Waals surface area contributed by atoms with Gasteiger partial charge in [-0.05, 0) is 30.3 Å². The summed E-state index contributed by atoms with van der Waals surface area (Å²) in [4.78, 5) is 30.8. The number of alkyl halides is 3. The quantitative estimate of drug-likeness (QED) is 0.309. The molecule has 11 nitrogen and oxygen atoms in total. The smallest absolute Gasteiger partial charge is 0.418 e. The van der Waals surface area contributed by atoms with E-state index in [2.05, 4.69) is 4.99 Å². The van der Waals surface area contributed by atoms with Crippen molar-refractivity contribution in [1.29, 1.82) is 0 Å². The summed E-state index contributed by atoms with van der Waals surface area (Å²) in [6.07, 6.45) is -3.45. The Hall–Kier alpha value is -3.59. The molecule has 1 saturated heterocycles. The lowest BCUT2D eigenvalue weighted by atomic mass is 10.1. The molecule has 4 N–H and O–H groups in total. The second kappa shape index (κ2) is 9.72. The maximum Gasteiger partial charge on any atom is 0.418 e. The Morgan fingerprint density at radius 1 is 1.18 bits per heavy atom. The summed E-state index contributed by atoms with van der Waals surface area (Å²) in [5, 5.41) is 1.95. The minimum Gasteiger partial charge on any atom is -0.459 e. The summed E-state index contributed by atoms with van der Waals surface area (Å²) in [6.45, 7) is 0.566. The van der Waals surface area contributed by atoms with E-state index in [4.69, 9.17) is 14.7 Å². The first kappa shape index (κ1) is 25.0. The minimum atomic E-state index is -4.80. The number of amides is 2. The molecule has 3 rings (SSSR count). The first-order chi connectivity index (χ1) is 15.8. The third-order valence-corrected chi connectivity index (χ3v) is 5.36. The molecule has 0 saturated carbocycles. The zero-order valence-corrected chi connectivity index (χ0v) is 18.3. The summed E-state index contributed by atoms with van der Waals surface area (Å²) < 4.78 is 76.4. The van der Waals surface area contributed by atoms with Crippen LogP contribution in [0.25, 0.3) is 0 Å². The minimum absolute atomic E-state index is 0.119. The Bertz CT molecular complexity index is 1190. The van der Waals surface area contributed by atoms with Gasteiger partial charge in [0.15, 0.2) is 11.7 Å². The van der Waals surface area contributed by atoms with Crippen LogP contribution in [0.1, 0.15) is 26.5 Å². The molecule has 0 atom stereocenters. The Morgan fingerprint density at radius 3 is 2.41 bits per heavy atom. The highest BCUT2D eigenvalue weighted by molar-refractivity contribution is 7.85. The van der Waals surface area contributed by atoms with Crippen LogP contribution in [0.15, 0.2) is 46.0 Å². The summed E-state index contributed by atoms with van der Waals surface area (Å²) in [7, 11) is -4.45. The highest BCUT2D eigenvalue weighted by Gasteiger charge is 2.36. The number of guanidine groups is 1. The van der Waals surface area contributed by atoms with Crippen molar-refractivity contribution in [3.05, 3.63) is 53.5 Å². The Kier molecular flexibility index (Phi) is 7.16. The van der Waals surface area contributed by atoms with Crippen LogP contribution in [0.5, 0.6) is 0 Å². The summed E-state index contributed by atoms with van der Waals surface area (Å²) in [5.41, 5.74) is 3.65.